The van der Waals surface area contributed by atoms with Crippen molar-refractivity contribution in [3.05, 3.63) is 247 Å². The van der Waals surface area contributed by atoms with Crippen LogP contribution in [-0.4, -0.2) is 14.1 Å². The zero-order valence-electron chi connectivity index (χ0n) is 51.7. The SMILES string of the molecule is [2H]c1c([2H])c([2H])c(-c2cc(-c3cccc4c3oc3ccccc34)cc3c2-[n+]2[c-]n4c5c(ccc(c52)-c2ccccc2-c2ccccc2-3)C(C)(C)C(C)(C)c2ccc(Oc3[c-]c5c(cc3)c3ccccc3n5-c3cc(C(C)(C)C)ccn3)[c-]c2-4)c([2H])c1[2H].[Pt]. The summed E-state index contributed by atoms with van der Waals surface area (Å²) < 4.78 is 67.0. The molecule has 0 radical (unpaired) electrons. The van der Waals surface area contributed by atoms with E-state index in [0.29, 0.717) is 28.3 Å². The predicted octanol–water partition coefficient (Wildman–Crippen LogP) is 19.0. The smallest absolute Gasteiger partial charge is 0.268 e. The molecule has 83 heavy (non-hydrogen) atoms. The van der Waals surface area contributed by atoms with Crippen LogP contribution in [-0.2, 0) is 37.3 Å². The number of hydrogen-bond acceptors (Lipinski definition) is 3. The minimum Gasteiger partial charge on any atom is -0.510 e. The van der Waals surface area contributed by atoms with E-state index in [9.17, 15) is 5.48 Å². The van der Waals surface area contributed by atoms with E-state index in [1.807, 2.05) is 60.8 Å². The molecule has 10 aromatic carbocycles. The predicted molar refractivity (Wildman–Crippen MR) is 333 cm³/mol. The van der Waals surface area contributed by atoms with Gasteiger partial charge in [-0.15, -0.1) is 35.2 Å². The van der Waals surface area contributed by atoms with E-state index in [-0.39, 0.29) is 44.1 Å². The first kappa shape index (κ1) is 45.5. The molecule has 0 N–H and O–H groups in total. The maximum Gasteiger partial charge on any atom is 0.268 e. The fourth-order valence-corrected chi connectivity index (χ4v) is 13.1. The molecule has 0 atom stereocenters. The third-order valence-electron chi connectivity index (χ3n) is 18.0. The Morgan fingerprint density at radius 3 is 1.96 bits per heavy atom. The second-order valence-corrected chi connectivity index (χ2v) is 23.9. The normalized spacial score (nSPS) is 14.7. The molecule has 0 aliphatic carbocycles. The molecule has 0 saturated heterocycles. The van der Waals surface area contributed by atoms with Gasteiger partial charge in [-0.3, -0.25) is 4.57 Å². The van der Waals surface area contributed by atoms with Crippen molar-refractivity contribution >= 4 is 54.8 Å². The molecule has 0 saturated carbocycles. The van der Waals surface area contributed by atoms with Gasteiger partial charge in [0.1, 0.15) is 17.0 Å². The van der Waals surface area contributed by atoms with Gasteiger partial charge in [0, 0.05) is 60.6 Å². The molecule has 16 rings (SSSR count). The van der Waals surface area contributed by atoms with Crippen LogP contribution in [0.4, 0.5) is 0 Å². The molecule has 14 aromatic rings. The molecule has 7 heteroatoms. The van der Waals surface area contributed by atoms with E-state index in [2.05, 4.69) is 202 Å². The van der Waals surface area contributed by atoms with Gasteiger partial charge in [0.15, 0.2) is 0 Å². The van der Waals surface area contributed by atoms with Crippen LogP contribution in [0, 0.1) is 18.5 Å². The zero-order valence-corrected chi connectivity index (χ0v) is 49.0. The molecule has 0 spiro atoms. The van der Waals surface area contributed by atoms with Crippen molar-refractivity contribution in [2.75, 3.05) is 0 Å². The fourth-order valence-electron chi connectivity index (χ4n) is 13.1. The van der Waals surface area contributed by atoms with E-state index in [0.717, 1.165) is 116 Å². The number of nitrogens with zero attached hydrogens (tertiary/aromatic N) is 4. The van der Waals surface area contributed by atoms with Crippen molar-refractivity contribution in [1.29, 1.82) is 0 Å². The van der Waals surface area contributed by atoms with Crippen LogP contribution in [0.1, 0.15) is 72.0 Å². The van der Waals surface area contributed by atoms with Gasteiger partial charge < -0.3 is 18.3 Å². The van der Waals surface area contributed by atoms with Gasteiger partial charge in [-0.2, -0.15) is 12.1 Å². The van der Waals surface area contributed by atoms with Crippen molar-refractivity contribution < 1.29 is 41.6 Å². The summed E-state index contributed by atoms with van der Waals surface area (Å²) in [6, 6.07) is 66.0. The van der Waals surface area contributed by atoms with Crippen molar-refractivity contribution in [3.63, 3.8) is 0 Å². The van der Waals surface area contributed by atoms with Crippen molar-refractivity contribution in [3.8, 4) is 84.3 Å². The summed E-state index contributed by atoms with van der Waals surface area (Å²) in [5.74, 6) is 1.77. The van der Waals surface area contributed by atoms with Crippen LogP contribution in [0.3, 0.4) is 0 Å². The quantitative estimate of drug-likeness (QED) is 0.127. The molecule has 0 fully saturated rings. The van der Waals surface area contributed by atoms with Crippen LogP contribution in [0.5, 0.6) is 11.5 Å². The summed E-state index contributed by atoms with van der Waals surface area (Å²) >= 11 is 0. The number of hydrogen-bond donors (Lipinski definition) is 0. The Morgan fingerprint density at radius 2 is 1.19 bits per heavy atom. The molecular weight excluding hydrogens is 1200 g/mol. The minimum atomic E-state index is -0.534. The number of rotatable bonds is 5. The van der Waals surface area contributed by atoms with Gasteiger partial charge in [0.25, 0.3) is 6.33 Å². The topological polar surface area (TPSA) is 49.0 Å². The molecule has 6 heterocycles. The minimum absolute atomic E-state index is 0. The van der Waals surface area contributed by atoms with E-state index < -0.39 is 29.0 Å². The number of aromatic nitrogens is 4. The number of ether oxygens (including phenoxy) is 1. The average Bonchev–Trinajstić information content (AvgIpc) is 1.73. The van der Waals surface area contributed by atoms with E-state index >= 15 is 0 Å². The average molecular weight is 1260 g/mol. The Morgan fingerprint density at radius 1 is 0.566 bits per heavy atom. The van der Waals surface area contributed by atoms with Gasteiger partial charge >= 0.3 is 0 Å². The van der Waals surface area contributed by atoms with Crippen molar-refractivity contribution in [2.24, 2.45) is 0 Å². The largest absolute Gasteiger partial charge is 0.510 e. The molecule has 4 aromatic heterocycles. The van der Waals surface area contributed by atoms with Crippen LogP contribution in [0.15, 0.2) is 217 Å². The van der Waals surface area contributed by atoms with Gasteiger partial charge in [-0.25, -0.2) is 4.98 Å². The standard InChI is InChI=1S/C76H56N4O2.Pt/c1-74(2,3)48-38-39-77-69(42-48)80-65-30-17-15-26-56(65)57-34-32-49(43-66(57)80)81-50-33-36-63-67(44-50)78-45-79-70-61(46-20-9-8-10-21-46)40-47(51-28-19-29-60-58-27-16-18-31-68(58)82-73(51)60)41-62(70)55-25-14-12-23-53(55)52-22-11-13-24-54(52)59-35-37-64(72(78)71(59)79)76(6,7)75(63,4)5;/h8-42H,1-7H3;/q-2;/i8D,9D,10D,20D,21D;. The second kappa shape index (κ2) is 18.5. The summed E-state index contributed by atoms with van der Waals surface area (Å²) in [5.41, 5.74) is 15.9. The van der Waals surface area contributed by atoms with Crippen molar-refractivity contribution in [1.82, 2.24) is 14.1 Å². The molecule has 2 aliphatic rings. The number of benzene rings is 10. The summed E-state index contributed by atoms with van der Waals surface area (Å²) in [6.45, 7) is 15.8. The maximum atomic E-state index is 9.79. The second-order valence-electron chi connectivity index (χ2n) is 23.9. The number of para-hydroxylation sites is 3. The first-order chi connectivity index (χ1) is 41.9. The van der Waals surface area contributed by atoms with Gasteiger partial charge in [0.05, 0.1) is 23.6 Å². The van der Waals surface area contributed by atoms with Gasteiger partial charge in [-0.05, 0) is 125 Å². The number of imidazole rings is 1. The number of fused-ring (bicyclic) bond motifs is 15. The third-order valence-corrected chi connectivity index (χ3v) is 18.0. The Kier molecular flexibility index (Phi) is 10.1. The van der Waals surface area contributed by atoms with E-state index in [4.69, 9.17) is 15.5 Å². The monoisotopic (exact) mass is 1260 g/mol. The molecule has 0 amide bonds. The first-order valence-electron chi connectivity index (χ1n) is 30.5. The summed E-state index contributed by atoms with van der Waals surface area (Å²) in [4.78, 5) is 4.92. The maximum absolute atomic E-state index is 9.79. The fraction of sp³-hybridized carbons (Fsp3) is 0.132. The first-order valence-corrected chi connectivity index (χ1v) is 28.0. The molecule has 6 nitrogen and oxygen atoms in total. The molecule has 404 valence electrons. The van der Waals surface area contributed by atoms with Gasteiger partial charge in [0.2, 0.25) is 0 Å². The van der Waals surface area contributed by atoms with Crippen LogP contribution in [0.25, 0.3) is 128 Å². The Hall–Kier alpha value is -9.09. The van der Waals surface area contributed by atoms with Crippen LogP contribution in [0.2, 0.25) is 0 Å². The molecule has 0 bridgehead atoms. The molecular formula is C76H56N4O2Pt-2. The number of furan rings is 1. The Balaban J connectivity index is 0.00000650. The van der Waals surface area contributed by atoms with Gasteiger partial charge in [-0.1, -0.05) is 199 Å². The van der Waals surface area contributed by atoms with Crippen LogP contribution < -0.4 is 9.30 Å². The van der Waals surface area contributed by atoms with E-state index in [1.165, 1.54) is 5.56 Å². The van der Waals surface area contributed by atoms with Crippen LogP contribution >= 0.6 is 0 Å². The molecule has 2 aliphatic heterocycles. The van der Waals surface area contributed by atoms with E-state index in [1.54, 1.807) is 0 Å². The molecule has 0 unspecified atom stereocenters. The number of pyridine rings is 1. The van der Waals surface area contributed by atoms with Crippen molar-refractivity contribution in [2.45, 2.75) is 64.7 Å². The zero-order chi connectivity index (χ0) is 59.7. The summed E-state index contributed by atoms with van der Waals surface area (Å²) in [7, 11) is 0. The summed E-state index contributed by atoms with van der Waals surface area (Å²) in [6.07, 6.45) is 5.86. The third kappa shape index (κ3) is 7.51. The Bertz CT molecular complexity index is 5310. The Labute approximate surface area is 504 Å². The summed E-state index contributed by atoms with van der Waals surface area (Å²) in [5, 5.41) is 4.02.